The second kappa shape index (κ2) is 7.57. The summed E-state index contributed by atoms with van der Waals surface area (Å²) in [7, 11) is 2.09. The van der Waals surface area contributed by atoms with Crippen molar-refractivity contribution in [3.05, 3.63) is 40.4 Å². The molecule has 0 spiro atoms. The molecule has 1 N–H and O–H groups in total. The predicted molar refractivity (Wildman–Crippen MR) is 92.7 cm³/mol. The van der Waals surface area contributed by atoms with Gasteiger partial charge in [0, 0.05) is 24.2 Å². The standard InChI is InChI=1S/C17H25N3S/c1-5-11-18-12-16-15(6-2)19-17(21-16)20(4)14-9-7-13(3)8-10-14/h7-10,18H,5-6,11-12H2,1-4H3. The van der Waals surface area contributed by atoms with Crippen molar-refractivity contribution in [3.63, 3.8) is 0 Å². The Hall–Kier alpha value is -1.39. The summed E-state index contributed by atoms with van der Waals surface area (Å²) in [5.41, 5.74) is 3.69. The van der Waals surface area contributed by atoms with Gasteiger partial charge in [0.2, 0.25) is 0 Å². The highest BCUT2D eigenvalue weighted by Gasteiger charge is 2.13. The van der Waals surface area contributed by atoms with Gasteiger partial charge in [-0.2, -0.15) is 0 Å². The number of rotatable bonds is 7. The van der Waals surface area contributed by atoms with Gasteiger partial charge in [-0.05, 0) is 38.4 Å². The van der Waals surface area contributed by atoms with E-state index in [0.29, 0.717) is 0 Å². The number of nitrogens with one attached hydrogen (secondary N) is 1. The second-order valence-electron chi connectivity index (χ2n) is 5.29. The lowest BCUT2D eigenvalue weighted by molar-refractivity contribution is 0.676. The number of nitrogens with zero attached hydrogens (tertiary/aromatic N) is 2. The van der Waals surface area contributed by atoms with Gasteiger partial charge in [-0.3, -0.25) is 0 Å². The second-order valence-corrected chi connectivity index (χ2v) is 6.35. The van der Waals surface area contributed by atoms with Crippen LogP contribution in [-0.2, 0) is 13.0 Å². The fraction of sp³-hybridized carbons (Fsp3) is 0.471. The SMILES string of the molecule is CCCNCc1sc(N(C)c2ccc(C)cc2)nc1CC. The minimum absolute atomic E-state index is 0.927. The lowest BCUT2D eigenvalue weighted by atomic mass is 10.2. The minimum atomic E-state index is 0.927. The number of aromatic nitrogens is 1. The Morgan fingerprint density at radius 2 is 1.90 bits per heavy atom. The van der Waals surface area contributed by atoms with Gasteiger partial charge in [-0.15, -0.1) is 0 Å². The lowest BCUT2D eigenvalue weighted by Gasteiger charge is -2.15. The molecule has 0 aliphatic carbocycles. The van der Waals surface area contributed by atoms with Crippen LogP contribution in [0.15, 0.2) is 24.3 Å². The Morgan fingerprint density at radius 3 is 2.52 bits per heavy atom. The summed E-state index contributed by atoms with van der Waals surface area (Å²) in [6, 6.07) is 8.59. The molecule has 1 heterocycles. The largest absolute Gasteiger partial charge is 0.321 e. The molecule has 0 saturated heterocycles. The molecular weight excluding hydrogens is 278 g/mol. The maximum absolute atomic E-state index is 4.81. The summed E-state index contributed by atoms with van der Waals surface area (Å²) in [5.74, 6) is 0. The highest BCUT2D eigenvalue weighted by molar-refractivity contribution is 7.15. The van der Waals surface area contributed by atoms with Crippen molar-refractivity contribution in [3.8, 4) is 0 Å². The lowest BCUT2D eigenvalue weighted by Crippen LogP contribution is -2.13. The first-order valence-electron chi connectivity index (χ1n) is 7.65. The Balaban J connectivity index is 2.17. The Kier molecular flexibility index (Phi) is 5.76. The smallest absolute Gasteiger partial charge is 0.190 e. The normalized spacial score (nSPS) is 10.9. The monoisotopic (exact) mass is 303 g/mol. The highest BCUT2D eigenvalue weighted by Crippen LogP contribution is 2.31. The van der Waals surface area contributed by atoms with Gasteiger partial charge in [-0.25, -0.2) is 4.98 Å². The minimum Gasteiger partial charge on any atom is -0.321 e. The summed E-state index contributed by atoms with van der Waals surface area (Å²) < 4.78 is 0. The molecule has 3 nitrogen and oxygen atoms in total. The molecule has 4 heteroatoms. The van der Waals surface area contributed by atoms with Gasteiger partial charge < -0.3 is 10.2 Å². The van der Waals surface area contributed by atoms with E-state index < -0.39 is 0 Å². The van der Waals surface area contributed by atoms with E-state index in [1.54, 1.807) is 11.3 Å². The molecule has 0 saturated carbocycles. The number of benzene rings is 1. The third-order valence-corrected chi connectivity index (χ3v) is 4.70. The summed E-state index contributed by atoms with van der Waals surface area (Å²) in [5, 5.41) is 4.55. The number of aryl methyl sites for hydroxylation is 2. The van der Waals surface area contributed by atoms with E-state index in [1.165, 1.54) is 21.8 Å². The zero-order valence-corrected chi connectivity index (χ0v) is 14.3. The van der Waals surface area contributed by atoms with E-state index >= 15 is 0 Å². The molecule has 0 unspecified atom stereocenters. The van der Waals surface area contributed by atoms with Crippen LogP contribution in [-0.4, -0.2) is 18.6 Å². The molecule has 0 atom stereocenters. The van der Waals surface area contributed by atoms with Crippen molar-refractivity contribution in [1.82, 2.24) is 10.3 Å². The average Bonchev–Trinajstić information content (AvgIpc) is 2.91. The number of anilines is 2. The fourth-order valence-electron chi connectivity index (χ4n) is 2.19. The summed E-state index contributed by atoms with van der Waals surface area (Å²) >= 11 is 1.79. The Morgan fingerprint density at radius 1 is 1.19 bits per heavy atom. The number of hydrogen-bond acceptors (Lipinski definition) is 4. The van der Waals surface area contributed by atoms with Gasteiger partial charge in [0.05, 0.1) is 5.69 Å². The third kappa shape index (κ3) is 4.05. The molecule has 1 aromatic carbocycles. The Labute approximate surface area is 132 Å². The zero-order valence-electron chi connectivity index (χ0n) is 13.4. The molecule has 114 valence electrons. The van der Waals surface area contributed by atoms with Crippen LogP contribution < -0.4 is 10.2 Å². The summed E-state index contributed by atoms with van der Waals surface area (Å²) in [6.45, 7) is 8.46. The Bertz CT molecular complexity index is 560. The molecule has 2 rings (SSSR count). The van der Waals surface area contributed by atoms with E-state index in [2.05, 4.69) is 62.3 Å². The van der Waals surface area contributed by atoms with Crippen LogP contribution in [0.5, 0.6) is 0 Å². The maximum atomic E-state index is 4.81. The maximum Gasteiger partial charge on any atom is 0.190 e. The van der Waals surface area contributed by atoms with Crippen molar-refractivity contribution in [2.24, 2.45) is 0 Å². The molecule has 0 aliphatic heterocycles. The zero-order chi connectivity index (χ0) is 15.2. The van der Waals surface area contributed by atoms with Crippen LogP contribution in [0.2, 0.25) is 0 Å². The molecule has 0 amide bonds. The van der Waals surface area contributed by atoms with E-state index in [1.807, 2.05) is 0 Å². The van der Waals surface area contributed by atoms with Crippen molar-refractivity contribution >= 4 is 22.2 Å². The molecule has 0 fully saturated rings. The van der Waals surface area contributed by atoms with E-state index in [4.69, 9.17) is 4.98 Å². The fourth-order valence-corrected chi connectivity index (χ4v) is 3.29. The molecule has 0 bridgehead atoms. The number of hydrogen-bond donors (Lipinski definition) is 1. The van der Waals surface area contributed by atoms with Crippen LogP contribution in [0, 0.1) is 6.92 Å². The van der Waals surface area contributed by atoms with Gasteiger partial charge in [0.15, 0.2) is 5.13 Å². The average molecular weight is 303 g/mol. The van der Waals surface area contributed by atoms with E-state index in [-0.39, 0.29) is 0 Å². The van der Waals surface area contributed by atoms with Crippen molar-refractivity contribution in [2.45, 2.75) is 40.2 Å². The van der Waals surface area contributed by atoms with Gasteiger partial charge in [0.1, 0.15) is 0 Å². The first kappa shape index (κ1) is 16.0. The first-order chi connectivity index (χ1) is 10.2. The molecule has 1 aromatic heterocycles. The third-order valence-electron chi connectivity index (χ3n) is 3.52. The van der Waals surface area contributed by atoms with Crippen LogP contribution >= 0.6 is 11.3 Å². The van der Waals surface area contributed by atoms with Crippen molar-refractivity contribution in [1.29, 1.82) is 0 Å². The predicted octanol–water partition coefficient (Wildman–Crippen LogP) is 4.28. The van der Waals surface area contributed by atoms with E-state index in [0.717, 1.165) is 31.1 Å². The van der Waals surface area contributed by atoms with Gasteiger partial charge in [-0.1, -0.05) is 42.9 Å². The first-order valence-corrected chi connectivity index (χ1v) is 8.47. The molecule has 0 aliphatic rings. The summed E-state index contributed by atoms with van der Waals surface area (Å²) in [6.07, 6.45) is 2.15. The topological polar surface area (TPSA) is 28.2 Å². The van der Waals surface area contributed by atoms with Crippen molar-refractivity contribution in [2.75, 3.05) is 18.5 Å². The molecule has 21 heavy (non-hydrogen) atoms. The van der Waals surface area contributed by atoms with Gasteiger partial charge in [0.25, 0.3) is 0 Å². The van der Waals surface area contributed by atoms with Crippen LogP contribution in [0.3, 0.4) is 0 Å². The van der Waals surface area contributed by atoms with Crippen molar-refractivity contribution < 1.29 is 0 Å². The summed E-state index contributed by atoms with van der Waals surface area (Å²) in [4.78, 5) is 8.34. The van der Waals surface area contributed by atoms with Gasteiger partial charge >= 0.3 is 0 Å². The quantitative estimate of drug-likeness (QED) is 0.774. The molecule has 0 radical (unpaired) electrons. The molecular formula is C17H25N3S. The number of thiazole rings is 1. The van der Waals surface area contributed by atoms with Crippen LogP contribution in [0.25, 0.3) is 0 Å². The molecule has 2 aromatic rings. The van der Waals surface area contributed by atoms with Crippen LogP contribution in [0.1, 0.15) is 36.4 Å². The van der Waals surface area contributed by atoms with E-state index in [9.17, 15) is 0 Å². The highest BCUT2D eigenvalue weighted by atomic mass is 32.1. The van der Waals surface area contributed by atoms with Crippen LogP contribution in [0.4, 0.5) is 10.8 Å².